The van der Waals surface area contributed by atoms with Gasteiger partial charge in [0.15, 0.2) is 0 Å². The number of carbonyl (C=O) groups excluding carboxylic acids is 2. The van der Waals surface area contributed by atoms with Gasteiger partial charge in [-0.05, 0) is 25.1 Å². The van der Waals surface area contributed by atoms with E-state index in [1.54, 1.807) is 30.0 Å². The number of halogens is 1. The molecule has 2 heterocycles. The van der Waals surface area contributed by atoms with Gasteiger partial charge in [-0.3, -0.25) is 9.59 Å². The third-order valence-electron chi connectivity index (χ3n) is 3.93. The Balaban J connectivity index is 1.84. The number of allylic oxidation sites excluding steroid dienone is 1. The second kappa shape index (κ2) is 8.12. The molecule has 0 aliphatic carbocycles. The summed E-state index contributed by atoms with van der Waals surface area (Å²) in [4.78, 5) is 27.6. The van der Waals surface area contributed by atoms with Crippen LogP contribution < -0.4 is 5.32 Å². The number of thioether (sulfide) groups is 1. The van der Waals surface area contributed by atoms with Crippen molar-refractivity contribution >= 4 is 40.9 Å². The molecule has 0 bridgehead atoms. The molecule has 1 aromatic rings. The van der Waals surface area contributed by atoms with Crippen LogP contribution in [0.3, 0.4) is 0 Å². The first-order valence-corrected chi connectivity index (χ1v) is 9.37. The first kappa shape index (κ1) is 18.1. The molecule has 1 fully saturated rings. The van der Waals surface area contributed by atoms with Crippen molar-refractivity contribution in [2.24, 2.45) is 0 Å². The van der Waals surface area contributed by atoms with E-state index < -0.39 is 0 Å². The van der Waals surface area contributed by atoms with E-state index in [9.17, 15) is 9.59 Å². The van der Waals surface area contributed by atoms with Crippen molar-refractivity contribution in [3.05, 3.63) is 39.4 Å². The highest BCUT2D eigenvalue weighted by atomic mass is 35.5. The summed E-state index contributed by atoms with van der Waals surface area (Å²) in [6.07, 6.45) is 0. The second-order valence-electron chi connectivity index (χ2n) is 5.63. The normalized spacial score (nSPS) is 17.9. The van der Waals surface area contributed by atoms with E-state index in [0.717, 1.165) is 5.75 Å². The summed E-state index contributed by atoms with van der Waals surface area (Å²) in [6.45, 7) is 4.42. The average Bonchev–Trinajstić information content (AvgIpc) is 2.63. The maximum atomic E-state index is 12.8. The summed E-state index contributed by atoms with van der Waals surface area (Å²) >= 11 is 7.52. The topological polar surface area (TPSA) is 67.9 Å². The van der Waals surface area contributed by atoms with Gasteiger partial charge in [-0.15, -0.1) is 11.8 Å². The Kier molecular flexibility index (Phi) is 5.88. The number of hydrogen-bond donors (Lipinski definition) is 1. The Hall–Kier alpha value is -1.70. The Morgan fingerprint density at radius 1 is 1.24 bits per heavy atom. The number of carbonyl (C=O) groups is 2. The Morgan fingerprint density at radius 3 is 2.72 bits per heavy atom. The van der Waals surface area contributed by atoms with Gasteiger partial charge >= 0.3 is 0 Å². The zero-order valence-electron chi connectivity index (χ0n) is 13.8. The molecular weight excluding hydrogens is 364 g/mol. The van der Waals surface area contributed by atoms with Crippen LogP contribution in [0.15, 0.2) is 28.9 Å². The molecule has 0 atom stereocenters. The minimum atomic E-state index is -0.277. The Labute approximate surface area is 155 Å². The fraction of sp³-hybridized carbons (Fsp3) is 0.412. The fourth-order valence-electron chi connectivity index (χ4n) is 2.65. The molecule has 2 amide bonds. The lowest BCUT2D eigenvalue weighted by molar-refractivity contribution is -0.112. The number of nitrogens with zero attached hydrogens (tertiary/aromatic N) is 1. The van der Waals surface area contributed by atoms with Crippen LogP contribution in [0, 0.1) is 0 Å². The van der Waals surface area contributed by atoms with Gasteiger partial charge in [-0.25, -0.2) is 0 Å². The van der Waals surface area contributed by atoms with Crippen LogP contribution in [0.25, 0.3) is 0 Å². The van der Waals surface area contributed by atoms with Crippen molar-refractivity contribution in [2.75, 3.05) is 44.0 Å². The van der Waals surface area contributed by atoms with E-state index in [0.29, 0.717) is 59.8 Å². The van der Waals surface area contributed by atoms with E-state index in [1.165, 1.54) is 11.8 Å². The van der Waals surface area contributed by atoms with Gasteiger partial charge in [-0.2, -0.15) is 0 Å². The highest BCUT2D eigenvalue weighted by Crippen LogP contribution is 2.28. The number of benzene rings is 1. The van der Waals surface area contributed by atoms with E-state index in [-0.39, 0.29) is 11.8 Å². The highest BCUT2D eigenvalue weighted by molar-refractivity contribution is 8.04. The molecule has 1 aromatic carbocycles. The standard InChI is InChI=1S/C17H19ClN2O4S/c1-11-15(25-9-8-24-11)16(21)19-14-3-2-12(18)10-13(14)17(22)20-4-6-23-7-5-20/h2-3,10H,4-9H2,1H3,(H,19,21). The van der Waals surface area contributed by atoms with Gasteiger partial charge < -0.3 is 19.7 Å². The number of anilines is 1. The number of rotatable bonds is 3. The largest absolute Gasteiger partial charge is 0.496 e. The number of hydrogen-bond acceptors (Lipinski definition) is 5. The van der Waals surface area contributed by atoms with Gasteiger partial charge in [0.25, 0.3) is 11.8 Å². The molecule has 8 heteroatoms. The van der Waals surface area contributed by atoms with Crippen LogP contribution in [0.2, 0.25) is 5.02 Å². The predicted molar refractivity (Wildman–Crippen MR) is 97.9 cm³/mol. The highest BCUT2D eigenvalue weighted by Gasteiger charge is 2.24. The van der Waals surface area contributed by atoms with Crippen LogP contribution in [0.5, 0.6) is 0 Å². The van der Waals surface area contributed by atoms with Gasteiger partial charge in [0.05, 0.1) is 31.1 Å². The molecule has 1 N–H and O–H groups in total. The van der Waals surface area contributed by atoms with Crippen molar-refractivity contribution in [1.82, 2.24) is 4.90 Å². The van der Waals surface area contributed by atoms with Gasteiger partial charge in [-0.1, -0.05) is 11.6 Å². The summed E-state index contributed by atoms with van der Waals surface area (Å²) in [5.41, 5.74) is 0.820. The van der Waals surface area contributed by atoms with Crippen molar-refractivity contribution in [1.29, 1.82) is 0 Å². The second-order valence-corrected chi connectivity index (χ2v) is 7.17. The SMILES string of the molecule is CC1=C(C(=O)Nc2ccc(Cl)cc2C(=O)N2CCOCC2)SCCO1. The number of morpholine rings is 1. The molecule has 6 nitrogen and oxygen atoms in total. The molecule has 3 rings (SSSR count). The summed E-state index contributed by atoms with van der Waals surface area (Å²) in [7, 11) is 0. The van der Waals surface area contributed by atoms with E-state index in [1.807, 2.05) is 0 Å². The van der Waals surface area contributed by atoms with Crippen molar-refractivity contribution in [3.63, 3.8) is 0 Å². The molecule has 0 saturated carbocycles. The molecule has 0 radical (unpaired) electrons. The number of ether oxygens (including phenoxy) is 2. The lowest BCUT2D eigenvalue weighted by Gasteiger charge is -2.27. The van der Waals surface area contributed by atoms with Gasteiger partial charge in [0.2, 0.25) is 0 Å². The lowest BCUT2D eigenvalue weighted by Crippen LogP contribution is -2.41. The first-order valence-electron chi connectivity index (χ1n) is 8.00. The Morgan fingerprint density at radius 2 is 2.00 bits per heavy atom. The number of amides is 2. The summed E-state index contributed by atoms with van der Waals surface area (Å²) < 4.78 is 10.7. The molecule has 0 unspecified atom stereocenters. The van der Waals surface area contributed by atoms with Gasteiger partial charge in [0, 0.05) is 23.9 Å². The molecule has 2 aliphatic rings. The van der Waals surface area contributed by atoms with Crippen LogP contribution in [0.4, 0.5) is 5.69 Å². The average molecular weight is 383 g/mol. The zero-order valence-corrected chi connectivity index (χ0v) is 15.4. The summed E-state index contributed by atoms with van der Waals surface area (Å²) in [5.74, 6) is 0.879. The predicted octanol–water partition coefficient (Wildman–Crippen LogP) is 2.75. The minimum absolute atomic E-state index is 0.167. The monoisotopic (exact) mass is 382 g/mol. The van der Waals surface area contributed by atoms with E-state index in [2.05, 4.69) is 5.32 Å². The fourth-order valence-corrected chi connectivity index (χ4v) is 3.64. The minimum Gasteiger partial charge on any atom is -0.496 e. The van der Waals surface area contributed by atoms with Crippen LogP contribution in [-0.4, -0.2) is 55.4 Å². The van der Waals surface area contributed by atoms with E-state index in [4.69, 9.17) is 21.1 Å². The zero-order chi connectivity index (χ0) is 17.8. The number of nitrogens with one attached hydrogen (secondary N) is 1. The molecule has 134 valence electrons. The maximum Gasteiger partial charge on any atom is 0.265 e. The smallest absolute Gasteiger partial charge is 0.265 e. The third-order valence-corrected chi connectivity index (χ3v) is 5.30. The third kappa shape index (κ3) is 4.29. The molecular formula is C17H19ClN2O4S. The molecule has 2 aliphatic heterocycles. The summed E-state index contributed by atoms with van der Waals surface area (Å²) in [5, 5.41) is 3.27. The van der Waals surface area contributed by atoms with E-state index >= 15 is 0 Å². The van der Waals surface area contributed by atoms with Crippen molar-refractivity contribution < 1.29 is 19.1 Å². The molecule has 0 aromatic heterocycles. The lowest BCUT2D eigenvalue weighted by atomic mass is 10.1. The molecule has 25 heavy (non-hydrogen) atoms. The quantitative estimate of drug-likeness (QED) is 0.870. The molecule has 1 saturated heterocycles. The van der Waals surface area contributed by atoms with Crippen molar-refractivity contribution in [3.8, 4) is 0 Å². The summed E-state index contributed by atoms with van der Waals surface area (Å²) in [6, 6.07) is 4.89. The maximum absolute atomic E-state index is 12.8. The molecule has 0 spiro atoms. The van der Waals surface area contributed by atoms with Crippen LogP contribution in [0.1, 0.15) is 17.3 Å². The van der Waals surface area contributed by atoms with Gasteiger partial charge in [0.1, 0.15) is 10.7 Å². The van der Waals surface area contributed by atoms with Crippen LogP contribution in [-0.2, 0) is 14.3 Å². The van der Waals surface area contributed by atoms with Crippen LogP contribution >= 0.6 is 23.4 Å². The van der Waals surface area contributed by atoms with Crippen molar-refractivity contribution in [2.45, 2.75) is 6.92 Å². The Bertz CT molecular complexity index is 717. The first-order chi connectivity index (χ1) is 12.1.